The highest BCUT2D eigenvalue weighted by Gasteiger charge is 2.30. The zero-order chi connectivity index (χ0) is 29.1. The standard InChI is InChI=1S/C33H28FN5O3/c34-29-14-8-7-13-28(29)30-23-31(38(35-30)26-15-17-27(18-16-26)39(41)42)33(40)37-21-19-36(20-22-37)32(24-9-3-1-4-10-24)25-11-5-2-6-12-25/h1-18,23,32H,19-22H2. The van der Waals surface area contributed by atoms with Gasteiger partial charge in [0.2, 0.25) is 0 Å². The Morgan fingerprint density at radius 1 is 0.786 bits per heavy atom. The fourth-order valence-electron chi connectivity index (χ4n) is 5.48. The van der Waals surface area contributed by atoms with Crippen molar-refractivity contribution in [2.45, 2.75) is 6.04 Å². The second-order valence-corrected chi connectivity index (χ2v) is 10.1. The van der Waals surface area contributed by atoms with Crippen LogP contribution in [0, 0.1) is 15.9 Å². The maximum atomic E-state index is 14.7. The topological polar surface area (TPSA) is 84.5 Å². The van der Waals surface area contributed by atoms with E-state index in [-0.39, 0.29) is 28.9 Å². The third kappa shape index (κ3) is 5.42. The van der Waals surface area contributed by atoms with Crippen LogP contribution in [0.3, 0.4) is 0 Å². The molecule has 0 atom stereocenters. The smallest absolute Gasteiger partial charge is 0.272 e. The van der Waals surface area contributed by atoms with Crippen molar-refractivity contribution in [3.63, 3.8) is 0 Å². The highest BCUT2D eigenvalue weighted by atomic mass is 19.1. The van der Waals surface area contributed by atoms with Crippen LogP contribution >= 0.6 is 0 Å². The van der Waals surface area contributed by atoms with E-state index < -0.39 is 10.7 Å². The van der Waals surface area contributed by atoms with Crippen LogP contribution in [0.5, 0.6) is 0 Å². The molecule has 1 fully saturated rings. The van der Waals surface area contributed by atoms with Crippen molar-refractivity contribution in [3.8, 4) is 16.9 Å². The third-order valence-corrected chi connectivity index (χ3v) is 7.58. The molecule has 1 amide bonds. The summed E-state index contributed by atoms with van der Waals surface area (Å²) < 4.78 is 16.1. The van der Waals surface area contributed by atoms with Crippen molar-refractivity contribution >= 4 is 11.6 Å². The lowest BCUT2D eigenvalue weighted by atomic mass is 9.96. The number of hydrogen-bond acceptors (Lipinski definition) is 5. The molecule has 0 aliphatic carbocycles. The van der Waals surface area contributed by atoms with Gasteiger partial charge in [-0.05, 0) is 41.5 Å². The average Bonchev–Trinajstić information content (AvgIpc) is 3.48. The van der Waals surface area contributed by atoms with Gasteiger partial charge in [0.05, 0.1) is 22.3 Å². The lowest BCUT2D eigenvalue weighted by molar-refractivity contribution is -0.384. The van der Waals surface area contributed by atoms with Crippen molar-refractivity contribution in [2.75, 3.05) is 26.2 Å². The zero-order valence-electron chi connectivity index (χ0n) is 22.7. The molecule has 42 heavy (non-hydrogen) atoms. The molecule has 1 aliphatic rings. The molecule has 0 radical (unpaired) electrons. The van der Waals surface area contributed by atoms with Crippen molar-refractivity contribution in [2.24, 2.45) is 0 Å². The first-order valence-electron chi connectivity index (χ1n) is 13.7. The fourth-order valence-corrected chi connectivity index (χ4v) is 5.48. The Morgan fingerprint density at radius 2 is 1.36 bits per heavy atom. The molecule has 8 nitrogen and oxygen atoms in total. The van der Waals surface area contributed by atoms with E-state index in [9.17, 15) is 19.3 Å². The Kier molecular flexibility index (Phi) is 7.57. The van der Waals surface area contributed by atoms with Gasteiger partial charge in [0.15, 0.2) is 0 Å². The number of carbonyl (C=O) groups is 1. The first-order valence-corrected chi connectivity index (χ1v) is 13.7. The van der Waals surface area contributed by atoms with Crippen molar-refractivity contribution < 1.29 is 14.1 Å². The van der Waals surface area contributed by atoms with Gasteiger partial charge in [-0.3, -0.25) is 19.8 Å². The summed E-state index contributed by atoms with van der Waals surface area (Å²) in [7, 11) is 0. The number of carbonyl (C=O) groups excluding carboxylic acids is 1. The number of benzene rings is 4. The molecule has 0 N–H and O–H groups in total. The number of nitrogens with zero attached hydrogens (tertiary/aromatic N) is 5. The summed E-state index contributed by atoms with van der Waals surface area (Å²) >= 11 is 0. The Hall–Kier alpha value is -5.15. The highest BCUT2D eigenvalue weighted by Crippen LogP contribution is 2.31. The van der Waals surface area contributed by atoms with E-state index in [1.165, 1.54) is 46.1 Å². The summed E-state index contributed by atoms with van der Waals surface area (Å²) in [4.78, 5) is 28.8. The number of nitro benzene ring substituents is 1. The number of non-ortho nitro benzene ring substituents is 1. The molecule has 0 spiro atoms. The Bertz CT molecular complexity index is 1660. The number of nitro groups is 1. The normalized spacial score (nSPS) is 13.8. The van der Waals surface area contributed by atoms with Crippen LogP contribution in [0.4, 0.5) is 10.1 Å². The second kappa shape index (κ2) is 11.8. The summed E-state index contributed by atoms with van der Waals surface area (Å²) in [6, 6.07) is 34.4. The number of piperazine rings is 1. The number of hydrogen-bond donors (Lipinski definition) is 0. The first-order chi connectivity index (χ1) is 20.5. The monoisotopic (exact) mass is 561 g/mol. The Labute approximate surface area is 242 Å². The van der Waals surface area contributed by atoms with Crippen molar-refractivity contribution in [3.05, 3.63) is 148 Å². The largest absolute Gasteiger partial charge is 0.335 e. The molecule has 1 aliphatic heterocycles. The molecule has 4 aromatic carbocycles. The van der Waals surface area contributed by atoms with E-state index in [1.807, 2.05) is 36.4 Å². The SMILES string of the molecule is O=C(c1cc(-c2ccccc2F)nn1-c1ccc([N+](=O)[O-])cc1)N1CCN(C(c2ccccc2)c2ccccc2)CC1. The van der Waals surface area contributed by atoms with E-state index in [2.05, 4.69) is 34.3 Å². The maximum Gasteiger partial charge on any atom is 0.272 e. The summed E-state index contributed by atoms with van der Waals surface area (Å²) in [5, 5.41) is 15.8. The molecule has 0 saturated carbocycles. The van der Waals surface area contributed by atoms with Crippen molar-refractivity contribution in [1.82, 2.24) is 19.6 Å². The molecule has 0 unspecified atom stereocenters. The maximum absolute atomic E-state index is 14.7. The molecular weight excluding hydrogens is 533 g/mol. The fraction of sp³-hybridized carbons (Fsp3) is 0.152. The molecule has 6 rings (SSSR count). The van der Waals surface area contributed by atoms with Crippen LogP contribution in [0.25, 0.3) is 16.9 Å². The highest BCUT2D eigenvalue weighted by molar-refractivity contribution is 5.94. The van der Waals surface area contributed by atoms with Gasteiger partial charge >= 0.3 is 0 Å². The molecule has 1 saturated heterocycles. The molecule has 0 bridgehead atoms. The van der Waals surface area contributed by atoms with Crippen molar-refractivity contribution in [1.29, 1.82) is 0 Å². The summed E-state index contributed by atoms with van der Waals surface area (Å²) in [6.07, 6.45) is 0. The summed E-state index contributed by atoms with van der Waals surface area (Å²) in [5.74, 6) is -0.689. The second-order valence-electron chi connectivity index (χ2n) is 10.1. The minimum atomic E-state index is -0.485. The third-order valence-electron chi connectivity index (χ3n) is 7.58. The number of amides is 1. The van der Waals surface area contributed by atoms with Crippen LogP contribution in [-0.2, 0) is 0 Å². The van der Waals surface area contributed by atoms with E-state index in [0.29, 0.717) is 37.6 Å². The lowest BCUT2D eigenvalue weighted by Crippen LogP contribution is -2.50. The van der Waals surface area contributed by atoms with Crippen LogP contribution in [-0.4, -0.2) is 56.6 Å². The van der Waals surface area contributed by atoms with Gasteiger partial charge in [-0.1, -0.05) is 72.8 Å². The van der Waals surface area contributed by atoms with E-state index in [0.717, 1.165) is 0 Å². The van der Waals surface area contributed by atoms with Crippen LogP contribution in [0.2, 0.25) is 0 Å². The quantitative estimate of drug-likeness (QED) is 0.176. The number of halogens is 1. The molecule has 1 aromatic heterocycles. The van der Waals surface area contributed by atoms with Gasteiger partial charge in [-0.15, -0.1) is 0 Å². The van der Waals surface area contributed by atoms with Gasteiger partial charge < -0.3 is 4.90 Å². The van der Waals surface area contributed by atoms with Gasteiger partial charge in [0.1, 0.15) is 11.5 Å². The molecule has 9 heteroatoms. The van der Waals surface area contributed by atoms with E-state index in [1.54, 1.807) is 29.2 Å². The van der Waals surface area contributed by atoms with E-state index in [4.69, 9.17) is 0 Å². The summed E-state index contributed by atoms with van der Waals surface area (Å²) in [5.41, 5.74) is 3.61. The van der Waals surface area contributed by atoms with Crippen LogP contribution < -0.4 is 0 Å². The predicted molar refractivity (Wildman–Crippen MR) is 158 cm³/mol. The predicted octanol–water partition coefficient (Wildman–Crippen LogP) is 6.13. The minimum Gasteiger partial charge on any atom is -0.335 e. The molecular formula is C33H28FN5O3. The van der Waals surface area contributed by atoms with Gasteiger partial charge in [0, 0.05) is 43.9 Å². The van der Waals surface area contributed by atoms with Crippen LogP contribution in [0.15, 0.2) is 115 Å². The van der Waals surface area contributed by atoms with Gasteiger partial charge in [-0.2, -0.15) is 5.10 Å². The van der Waals surface area contributed by atoms with Crippen LogP contribution in [0.1, 0.15) is 27.7 Å². The Balaban J connectivity index is 1.29. The lowest BCUT2D eigenvalue weighted by Gasteiger charge is -2.39. The molecule has 2 heterocycles. The number of aromatic nitrogens is 2. The molecule has 5 aromatic rings. The Morgan fingerprint density at radius 3 is 1.93 bits per heavy atom. The first kappa shape index (κ1) is 27.0. The summed E-state index contributed by atoms with van der Waals surface area (Å²) in [6.45, 7) is 2.31. The molecule has 210 valence electrons. The average molecular weight is 562 g/mol. The number of rotatable bonds is 7. The zero-order valence-corrected chi connectivity index (χ0v) is 22.7. The minimum absolute atomic E-state index is 0.0583. The van der Waals surface area contributed by atoms with E-state index >= 15 is 0 Å². The van der Waals surface area contributed by atoms with Gasteiger partial charge in [-0.25, -0.2) is 9.07 Å². The van der Waals surface area contributed by atoms with Gasteiger partial charge in [0.25, 0.3) is 11.6 Å².